The molecule has 0 saturated carbocycles. The van der Waals surface area contributed by atoms with Gasteiger partial charge >= 0.3 is 0 Å². The van der Waals surface area contributed by atoms with Crippen molar-refractivity contribution >= 4 is 58.2 Å². The average molecular weight is 482 g/mol. The number of hydrogen-bond acceptors (Lipinski definition) is 2. The van der Waals surface area contributed by atoms with Crippen molar-refractivity contribution in [2.75, 3.05) is 0 Å². The van der Waals surface area contributed by atoms with Crippen molar-refractivity contribution in [3.63, 3.8) is 0 Å². The topological polar surface area (TPSA) is 58.2 Å². The minimum Gasteiger partial charge on any atom is -0.348 e. The first-order valence-corrected chi connectivity index (χ1v) is 10.4. The predicted molar refractivity (Wildman–Crippen MR) is 122 cm³/mol. The summed E-state index contributed by atoms with van der Waals surface area (Å²) in [7, 11) is 0. The molecule has 3 rings (SSSR count). The number of rotatable bonds is 6. The van der Waals surface area contributed by atoms with Gasteiger partial charge in [0, 0.05) is 44.3 Å². The summed E-state index contributed by atoms with van der Waals surface area (Å²) in [4.78, 5) is 25.0. The maximum Gasteiger partial charge on any atom is 0.251 e. The van der Waals surface area contributed by atoms with Crippen molar-refractivity contribution in [2.45, 2.75) is 13.1 Å². The van der Waals surface area contributed by atoms with Crippen LogP contribution >= 0.6 is 46.4 Å². The lowest BCUT2D eigenvalue weighted by Gasteiger charge is -2.10. The third-order valence-electron chi connectivity index (χ3n) is 4.30. The van der Waals surface area contributed by atoms with E-state index in [2.05, 4.69) is 10.6 Å². The van der Waals surface area contributed by atoms with Crippen LogP contribution in [0.5, 0.6) is 0 Å². The Labute approximate surface area is 194 Å². The van der Waals surface area contributed by atoms with Gasteiger partial charge in [-0.1, -0.05) is 64.6 Å². The minimum atomic E-state index is -0.323. The van der Waals surface area contributed by atoms with Gasteiger partial charge in [-0.15, -0.1) is 0 Å². The molecule has 0 atom stereocenters. The fraction of sp³-hybridized carbons (Fsp3) is 0.0909. The normalized spacial score (nSPS) is 10.5. The Bertz CT molecular complexity index is 1020. The second kappa shape index (κ2) is 10.2. The van der Waals surface area contributed by atoms with Crippen LogP contribution in [0.1, 0.15) is 31.8 Å². The zero-order chi connectivity index (χ0) is 21.7. The van der Waals surface area contributed by atoms with Gasteiger partial charge in [0.05, 0.1) is 0 Å². The summed E-state index contributed by atoms with van der Waals surface area (Å²) in [5.41, 5.74) is 2.20. The lowest BCUT2D eigenvalue weighted by atomic mass is 10.1. The van der Waals surface area contributed by atoms with E-state index in [0.717, 1.165) is 11.1 Å². The number of halogens is 4. The molecular weight excluding hydrogens is 466 g/mol. The monoisotopic (exact) mass is 480 g/mol. The van der Waals surface area contributed by atoms with Gasteiger partial charge in [-0.2, -0.15) is 0 Å². The van der Waals surface area contributed by atoms with Crippen LogP contribution in [0.3, 0.4) is 0 Å². The summed E-state index contributed by atoms with van der Waals surface area (Å²) < 4.78 is 0. The van der Waals surface area contributed by atoms with E-state index in [9.17, 15) is 9.59 Å². The highest BCUT2D eigenvalue weighted by molar-refractivity contribution is 6.35. The van der Waals surface area contributed by atoms with E-state index in [0.29, 0.717) is 31.2 Å². The van der Waals surface area contributed by atoms with Crippen molar-refractivity contribution in [1.82, 2.24) is 10.6 Å². The van der Waals surface area contributed by atoms with E-state index in [-0.39, 0.29) is 24.9 Å². The predicted octanol–water partition coefficient (Wildman–Crippen LogP) is 6.16. The zero-order valence-electron chi connectivity index (χ0n) is 15.5. The molecule has 0 heterocycles. The van der Waals surface area contributed by atoms with Crippen molar-refractivity contribution in [1.29, 1.82) is 0 Å². The fourth-order valence-electron chi connectivity index (χ4n) is 2.69. The summed E-state index contributed by atoms with van der Waals surface area (Å²) in [6.07, 6.45) is 0. The number of benzene rings is 3. The first-order chi connectivity index (χ1) is 14.3. The van der Waals surface area contributed by atoms with Crippen LogP contribution < -0.4 is 10.6 Å². The molecule has 2 amide bonds. The average Bonchev–Trinajstić information content (AvgIpc) is 2.72. The molecule has 154 valence electrons. The molecule has 0 aliphatic carbocycles. The first kappa shape index (κ1) is 22.4. The number of amides is 2. The lowest BCUT2D eigenvalue weighted by Crippen LogP contribution is -2.25. The minimum absolute atomic E-state index is 0.236. The Morgan fingerprint density at radius 3 is 1.47 bits per heavy atom. The highest BCUT2D eigenvalue weighted by atomic mass is 35.5. The summed E-state index contributed by atoms with van der Waals surface area (Å²) in [6.45, 7) is 0.473. The van der Waals surface area contributed by atoms with Gasteiger partial charge in [-0.05, 0) is 53.6 Å². The summed E-state index contributed by atoms with van der Waals surface area (Å²) in [5.74, 6) is -0.646. The molecule has 0 saturated heterocycles. The van der Waals surface area contributed by atoms with Crippen molar-refractivity contribution in [2.24, 2.45) is 0 Å². The molecule has 8 heteroatoms. The smallest absolute Gasteiger partial charge is 0.251 e. The molecule has 0 aliphatic rings. The van der Waals surface area contributed by atoms with E-state index in [1.165, 1.54) is 6.07 Å². The number of carbonyl (C=O) groups excluding carboxylic acids is 2. The highest BCUT2D eigenvalue weighted by Gasteiger charge is 2.12. The summed E-state index contributed by atoms with van der Waals surface area (Å²) >= 11 is 24.0. The molecule has 0 aliphatic heterocycles. The maximum absolute atomic E-state index is 12.5. The number of hydrogen-bond donors (Lipinski definition) is 2. The Hall–Kier alpha value is -2.24. The molecule has 4 nitrogen and oxygen atoms in total. The van der Waals surface area contributed by atoms with Gasteiger partial charge < -0.3 is 10.6 Å². The van der Waals surface area contributed by atoms with Gasteiger partial charge in [0.15, 0.2) is 0 Å². The Morgan fingerprint density at radius 2 is 1.07 bits per heavy atom. The molecule has 30 heavy (non-hydrogen) atoms. The van der Waals surface area contributed by atoms with E-state index >= 15 is 0 Å². The molecule has 0 fully saturated rings. The second-order valence-electron chi connectivity index (χ2n) is 6.42. The molecular formula is C22H16Cl4N2O2. The maximum atomic E-state index is 12.5. The van der Waals surface area contributed by atoms with Gasteiger partial charge in [-0.25, -0.2) is 0 Å². The third-order valence-corrected chi connectivity index (χ3v) is 5.47. The zero-order valence-corrected chi connectivity index (χ0v) is 18.5. The van der Waals surface area contributed by atoms with Crippen LogP contribution in [0.25, 0.3) is 0 Å². The van der Waals surface area contributed by atoms with Gasteiger partial charge in [0.1, 0.15) is 0 Å². The fourth-order valence-corrected chi connectivity index (χ4v) is 3.64. The Kier molecular flexibility index (Phi) is 7.62. The van der Waals surface area contributed by atoms with Crippen molar-refractivity contribution < 1.29 is 9.59 Å². The molecule has 3 aromatic rings. The Morgan fingerprint density at radius 1 is 0.633 bits per heavy atom. The van der Waals surface area contributed by atoms with Gasteiger partial charge in [0.2, 0.25) is 0 Å². The number of carbonyl (C=O) groups is 2. The van der Waals surface area contributed by atoms with Crippen LogP contribution in [0, 0.1) is 0 Å². The molecule has 3 aromatic carbocycles. The lowest BCUT2D eigenvalue weighted by molar-refractivity contribution is 0.0950. The largest absolute Gasteiger partial charge is 0.348 e. The van der Waals surface area contributed by atoms with Crippen LogP contribution in [-0.2, 0) is 13.1 Å². The molecule has 2 N–H and O–H groups in total. The molecule has 0 bridgehead atoms. The Balaban J connectivity index is 1.62. The third kappa shape index (κ3) is 5.89. The molecule has 0 radical (unpaired) electrons. The molecule has 0 aromatic heterocycles. The highest BCUT2D eigenvalue weighted by Crippen LogP contribution is 2.22. The molecule has 0 spiro atoms. The van der Waals surface area contributed by atoms with E-state index in [4.69, 9.17) is 46.4 Å². The van der Waals surface area contributed by atoms with Crippen LogP contribution in [-0.4, -0.2) is 11.8 Å². The number of nitrogens with one attached hydrogen (secondary N) is 2. The van der Waals surface area contributed by atoms with Gasteiger partial charge in [-0.3, -0.25) is 9.59 Å². The van der Waals surface area contributed by atoms with E-state index < -0.39 is 0 Å². The van der Waals surface area contributed by atoms with E-state index in [1.54, 1.807) is 54.6 Å². The summed E-state index contributed by atoms with van der Waals surface area (Å²) in [5, 5.41) is 7.55. The van der Waals surface area contributed by atoms with Crippen molar-refractivity contribution in [3.8, 4) is 0 Å². The first-order valence-electron chi connectivity index (χ1n) is 8.88. The summed E-state index contributed by atoms with van der Waals surface area (Å²) in [6, 6.07) is 16.6. The SMILES string of the molecule is O=C(NCc1ccc(Cl)cc1Cl)c1cccc(C(=O)NCc2ccc(Cl)cc2Cl)c1. The molecule has 0 unspecified atom stereocenters. The van der Waals surface area contributed by atoms with Crippen LogP contribution in [0.4, 0.5) is 0 Å². The van der Waals surface area contributed by atoms with Crippen LogP contribution in [0.15, 0.2) is 60.7 Å². The van der Waals surface area contributed by atoms with Gasteiger partial charge in [0.25, 0.3) is 11.8 Å². The van der Waals surface area contributed by atoms with Crippen LogP contribution in [0.2, 0.25) is 20.1 Å². The second-order valence-corrected chi connectivity index (χ2v) is 8.10. The van der Waals surface area contributed by atoms with Crippen molar-refractivity contribution in [3.05, 3.63) is 103 Å². The van der Waals surface area contributed by atoms with E-state index in [1.807, 2.05) is 0 Å². The quantitative estimate of drug-likeness (QED) is 0.442. The standard InChI is InChI=1S/C22H16Cl4N2O2/c23-17-6-4-15(19(25)9-17)11-27-21(29)13-2-1-3-14(8-13)22(30)28-12-16-5-7-18(24)10-20(16)26/h1-10H,11-12H2,(H,27,29)(H,28,30).